The molecule has 1 heterocycles. The monoisotopic (exact) mass is 379 g/mol. The highest BCUT2D eigenvalue weighted by Crippen LogP contribution is 2.34. The fourth-order valence-corrected chi connectivity index (χ4v) is 3.19. The van der Waals surface area contributed by atoms with Crippen molar-refractivity contribution in [2.75, 3.05) is 11.9 Å². The zero-order valence-corrected chi connectivity index (χ0v) is 15.5. The van der Waals surface area contributed by atoms with Gasteiger partial charge in [-0.05, 0) is 36.4 Å². The molecular weight excluding hydrogens is 362 g/mol. The maximum absolute atomic E-state index is 11.5. The van der Waals surface area contributed by atoms with Gasteiger partial charge in [0.2, 0.25) is 0 Å². The van der Waals surface area contributed by atoms with Crippen molar-refractivity contribution in [3.8, 4) is 5.75 Å². The summed E-state index contributed by atoms with van der Waals surface area (Å²) < 4.78 is 6.05. The van der Waals surface area contributed by atoms with Crippen molar-refractivity contribution in [1.82, 2.24) is 9.97 Å². The van der Waals surface area contributed by atoms with E-state index in [1.165, 1.54) is 0 Å². The molecule has 0 amide bonds. The number of ether oxygens (including phenoxy) is 1. The second-order valence-electron chi connectivity index (χ2n) is 6.22. The summed E-state index contributed by atoms with van der Waals surface area (Å²) in [5, 5.41) is 0.685. The van der Waals surface area contributed by atoms with Crippen molar-refractivity contribution >= 4 is 34.0 Å². The fourth-order valence-electron chi connectivity index (χ4n) is 3.00. The number of aromatic nitrogens is 2. The van der Waals surface area contributed by atoms with E-state index in [9.17, 15) is 4.79 Å². The van der Waals surface area contributed by atoms with Crippen LogP contribution in [0.25, 0.3) is 11.0 Å². The molecule has 0 saturated heterocycles. The number of benzene rings is 3. The zero-order chi connectivity index (χ0) is 18.8. The Morgan fingerprint density at radius 3 is 2.56 bits per heavy atom. The third-order valence-corrected chi connectivity index (χ3v) is 4.82. The normalized spacial score (nSPS) is 10.9. The molecule has 0 aliphatic carbocycles. The molecule has 0 aliphatic heterocycles. The van der Waals surface area contributed by atoms with Gasteiger partial charge in [-0.25, -0.2) is 4.79 Å². The van der Waals surface area contributed by atoms with Crippen molar-refractivity contribution in [2.24, 2.45) is 0 Å². The van der Waals surface area contributed by atoms with E-state index in [-0.39, 0.29) is 5.69 Å². The van der Waals surface area contributed by atoms with Crippen LogP contribution in [0.2, 0.25) is 5.02 Å². The zero-order valence-electron chi connectivity index (χ0n) is 14.7. The Morgan fingerprint density at radius 1 is 0.963 bits per heavy atom. The van der Waals surface area contributed by atoms with E-state index in [0.717, 1.165) is 33.7 Å². The average molecular weight is 380 g/mol. The molecule has 4 aromatic rings. The summed E-state index contributed by atoms with van der Waals surface area (Å²) in [4.78, 5) is 19.0. The van der Waals surface area contributed by atoms with E-state index in [2.05, 4.69) is 9.97 Å². The predicted octanol–water partition coefficient (Wildman–Crippen LogP) is 4.86. The number of H-pyrrole nitrogens is 2. The highest BCUT2D eigenvalue weighted by atomic mass is 35.5. The van der Waals surface area contributed by atoms with E-state index in [1.54, 1.807) is 0 Å². The summed E-state index contributed by atoms with van der Waals surface area (Å²) >= 11 is 6.22. The SMILES string of the molecule is CN(c1ccc2[nH]c(=O)[nH]c2c1)c1ccccc1OCc1ccccc1Cl. The molecular formula is C21H18ClN3O2. The summed E-state index contributed by atoms with van der Waals surface area (Å²) in [6, 6.07) is 21.2. The Bertz CT molecular complexity index is 1150. The molecule has 27 heavy (non-hydrogen) atoms. The standard InChI is InChI=1S/C21H18ClN3O2/c1-25(15-10-11-17-18(12-15)24-21(26)23-17)19-8-4-5-9-20(19)27-13-14-6-2-3-7-16(14)22/h2-12H,13H2,1H3,(H2,23,24,26). The smallest absolute Gasteiger partial charge is 0.323 e. The van der Waals surface area contributed by atoms with Crippen LogP contribution in [0.1, 0.15) is 5.56 Å². The molecule has 0 fully saturated rings. The number of para-hydroxylation sites is 2. The van der Waals surface area contributed by atoms with Gasteiger partial charge in [-0.3, -0.25) is 0 Å². The third kappa shape index (κ3) is 3.55. The number of halogens is 1. The molecule has 4 rings (SSSR count). The van der Waals surface area contributed by atoms with Crippen LogP contribution < -0.4 is 15.3 Å². The molecule has 0 radical (unpaired) electrons. The summed E-state index contributed by atoms with van der Waals surface area (Å²) in [5.74, 6) is 0.752. The van der Waals surface area contributed by atoms with Crippen LogP contribution in [0, 0.1) is 0 Å². The lowest BCUT2D eigenvalue weighted by Crippen LogP contribution is -2.11. The van der Waals surface area contributed by atoms with Gasteiger partial charge in [0.15, 0.2) is 0 Å². The summed E-state index contributed by atoms with van der Waals surface area (Å²) in [6.45, 7) is 0.384. The Labute approximate surface area is 161 Å². The van der Waals surface area contributed by atoms with Gasteiger partial charge in [-0.15, -0.1) is 0 Å². The summed E-state index contributed by atoms with van der Waals surface area (Å²) in [6.07, 6.45) is 0. The van der Waals surface area contributed by atoms with Crippen molar-refractivity contribution in [2.45, 2.75) is 6.61 Å². The number of nitrogens with one attached hydrogen (secondary N) is 2. The summed E-state index contributed by atoms with van der Waals surface area (Å²) in [7, 11) is 1.96. The molecule has 0 aliphatic rings. The molecule has 0 spiro atoms. The van der Waals surface area contributed by atoms with Crippen LogP contribution >= 0.6 is 11.6 Å². The molecule has 2 N–H and O–H groups in total. The van der Waals surface area contributed by atoms with Crippen molar-refractivity contribution < 1.29 is 4.74 Å². The maximum Gasteiger partial charge on any atom is 0.323 e. The van der Waals surface area contributed by atoms with E-state index in [0.29, 0.717) is 11.6 Å². The first kappa shape index (κ1) is 17.2. The molecule has 6 heteroatoms. The number of anilines is 2. The second-order valence-corrected chi connectivity index (χ2v) is 6.62. The molecule has 0 atom stereocenters. The van der Waals surface area contributed by atoms with Gasteiger partial charge in [-0.1, -0.05) is 41.9 Å². The Balaban J connectivity index is 1.62. The van der Waals surface area contributed by atoms with Gasteiger partial charge in [-0.2, -0.15) is 0 Å². The molecule has 0 unspecified atom stereocenters. The minimum atomic E-state index is -0.215. The maximum atomic E-state index is 11.5. The average Bonchev–Trinajstić information content (AvgIpc) is 3.06. The topological polar surface area (TPSA) is 61.1 Å². The molecule has 3 aromatic carbocycles. The predicted molar refractivity (Wildman–Crippen MR) is 109 cm³/mol. The third-order valence-electron chi connectivity index (χ3n) is 4.45. The van der Waals surface area contributed by atoms with Crippen LogP contribution in [0.4, 0.5) is 11.4 Å². The van der Waals surface area contributed by atoms with E-state index in [1.807, 2.05) is 78.7 Å². The first-order valence-electron chi connectivity index (χ1n) is 8.53. The first-order chi connectivity index (χ1) is 13.1. The van der Waals surface area contributed by atoms with E-state index >= 15 is 0 Å². The van der Waals surface area contributed by atoms with Crippen LogP contribution in [-0.4, -0.2) is 17.0 Å². The largest absolute Gasteiger partial charge is 0.487 e. The van der Waals surface area contributed by atoms with Crippen LogP contribution in [0.5, 0.6) is 5.75 Å². The number of imidazole rings is 1. The quantitative estimate of drug-likeness (QED) is 0.520. The van der Waals surface area contributed by atoms with E-state index < -0.39 is 0 Å². The number of hydrogen-bond acceptors (Lipinski definition) is 3. The van der Waals surface area contributed by atoms with Crippen LogP contribution in [-0.2, 0) is 6.61 Å². The molecule has 136 valence electrons. The number of nitrogens with zero attached hydrogens (tertiary/aromatic N) is 1. The number of aromatic amines is 2. The van der Waals surface area contributed by atoms with Gasteiger partial charge in [0, 0.05) is 23.3 Å². The molecule has 0 saturated carbocycles. The van der Waals surface area contributed by atoms with Gasteiger partial charge < -0.3 is 19.6 Å². The van der Waals surface area contributed by atoms with Gasteiger partial charge >= 0.3 is 5.69 Å². The lowest BCUT2D eigenvalue weighted by atomic mass is 10.2. The Morgan fingerprint density at radius 2 is 1.70 bits per heavy atom. The van der Waals surface area contributed by atoms with Gasteiger partial charge in [0.1, 0.15) is 12.4 Å². The Hall–Kier alpha value is -3.18. The van der Waals surface area contributed by atoms with Crippen LogP contribution in [0.3, 0.4) is 0 Å². The highest BCUT2D eigenvalue weighted by Gasteiger charge is 2.12. The lowest BCUT2D eigenvalue weighted by molar-refractivity contribution is 0.307. The van der Waals surface area contributed by atoms with Crippen molar-refractivity contribution in [3.05, 3.63) is 87.8 Å². The number of rotatable bonds is 5. The lowest BCUT2D eigenvalue weighted by Gasteiger charge is -2.22. The molecule has 1 aromatic heterocycles. The fraction of sp³-hybridized carbons (Fsp3) is 0.0952. The van der Waals surface area contributed by atoms with E-state index in [4.69, 9.17) is 16.3 Å². The molecule has 5 nitrogen and oxygen atoms in total. The minimum Gasteiger partial charge on any atom is -0.487 e. The second kappa shape index (κ2) is 7.21. The number of fused-ring (bicyclic) bond motifs is 1. The molecule has 0 bridgehead atoms. The van der Waals surface area contributed by atoms with Crippen LogP contribution in [0.15, 0.2) is 71.5 Å². The van der Waals surface area contributed by atoms with Gasteiger partial charge in [0.25, 0.3) is 0 Å². The van der Waals surface area contributed by atoms with Crippen molar-refractivity contribution in [1.29, 1.82) is 0 Å². The Kier molecular flexibility index (Phi) is 4.60. The van der Waals surface area contributed by atoms with Gasteiger partial charge in [0.05, 0.1) is 16.7 Å². The minimum absolute atomic E-state index is 0.215. The van der Waals surface area contributed by atoms with Crippen molar-refractivity contribution in [3.63, 3.8) is 0 Å². The number of hydrogen-bond donors (Lipinski definition) is 2. The summed E-state index contributed by atoms with van der Waals surface area (Å²) in [5.41, 5.74) is 4.11. The highest BCUT2D eigenvalue weighted by molar-refractivity contribution is 6.31. The first-order valence-corrected chi connectivity index (χ1v) is 8.90.